The van der Waals surface area contributed by atoms with Gasteiger partial charge in [-0.3, -0.25) is 9.69 Å². The Morgan fingerprint density at radius 3 is 2.63 bits per heavy atom. The number of anilines is 1. The number of nitrogens with zero attached hydrogens (tertiary/aromatic N) is 1. The second-order valence-corrected chi connectivity index (χ2v) is 8.16. The molecule has 1 fully saturated rings. The van der Waals surface area contributed by atoms with E-state index in [0.717, 1.165) is 17.1 Å². The van der Waals surface area contributed by atoms with E-state index in [1.54, 1.807) is 36.4 Å². The van der Waals surface area contributed by atoms with Crippen molar-refractivity contribution in [3.63, 3.8) is 0 Å². The van der Waals surface area contributed by atoms with Gasteiger partial charge in [0.15, 0.2) is 4.32 Å². The summed E-state index contributed by atoms with van der Waals surface area (Å²) in [7, 11) is 0. The van der Waals surface area contributed by atoms with Crippen LogP contribution in [0.2, 0.25) is 10.0 Å². The molecule has 0 atom stereocenters. The summed E-state index contributed by atoms with van der Waals surface area (Å²) in [5, 5.41) is 1.53. The molecule has 1 saturated heterocycles. The lowest BCUT2D eigenvalue weighted by Crippen LogP contribution is -2.27. The van der Waals surface area contributed by atoms with E-state index in [9.17, 15) is 9.59 Å². The Morgan fingerprint density at radius 1 is 1.07 bits per heavy atom. The summed E-state index contributed by atoms with van der Waals surface area (Å²) in [5.74, 6) is -0.359. The van der Waals surface area contributed by atoms with E-state index in [1.807, 2.05) is 12.1 Å². The van der Waals surface area contributed by atoms with Gasteiger partial charge in [0.2, 0.25) is 0 Å². The molecule has 0 bridgehead atoms. The van der Waals surface area contributed by atoms with E-state index in [4.69, 9.17) is 39.8 Å². The Bertz CT molecular complexity index is 1200. The molecular weight excluding hydrogens is 425 g/mol. The SMILES string of the molecule is O=C1/C(=C/c2cc3ccccc3oc2=O)SC(=S)N1c1ccc(Cl)cc1Cl. The van der Waals surface area contributed by atoms with Crippen LogP contribution in [0.1, 0.15) is 5.56 Å². The monoisotopic (exact) mass is 433 g/mol. The maximum Gasteiger partial charge on any atom is 0.343 e. The van der Waals surface area contributed by atoms with Crippen molar-refractivity contribution in [2.75, 3.05) is 4.90 Å². The average molecular weight is 434 g/mol. The highest BCUT2D eigenvalue weighted by Crippen LogP contribution is 2.39. The number of hydrogen-bond donors (Lipinski definition) is 0. The van der Waals surface area contributed by atoms with Gasteiger partial charge in [-0.25, -0.2) is 4.79 Å². The summed E-state index contributed by atoms with van der Waals surface area (Å²) in [6.07, 6.45) is 1.49. The summed E-state index contributed by atoms with van der Waals surface area (Å²) in [6, 6.07) is 13.6. The van der Waals surface area contributed by atoms with Gasteiger partial charge in [-0.05, 0) is 36.4 Å². The minimum Gasteiger partial charge on any atom is -0.422 e. The molecule has 2 heterocycles. The highest BCUT2D eigenvalue weighted by Gasteiger charge is 2.34. The van der Waals surface area contributed by atoms with E-state index < -0.39 is 5.63 Å². The molecule has 4 nitrogen and oxygen atoms in total. The van der Waals surface area contributed by atoms with Crippen molar-refractivity contribution in [2.24, 2.45) is 0 Å². The molecule has 0 aliphatic carbocycles. The highest BCUT2D eigenvalue weighted by atomic mass is 35.5. The van der Waals surface area contributed by atoms with E-state index in [0.29, 0.717) is 30.5 Å². The molecule has 1 aromatic heterocycles. The molecule has 0 saturated carbocycles. The molecule has 4 rings (SSSR count). The van der Waals surface area contributed by atoms with Crippen LogP contribution >= 0.6 is 47.2 Å². The Labute approximate surface area is 173 Å². The fourth-order valence-electron chi connectivity index (χ4n) is 2.66. The lowest BCUT2D eigenvalue weighted by Gasteiger charge is -2.16. The molecule has 0 spiro atoms. The first-order valence-corrected chi connectivity index (χ1v) is 9.68. The first-order chi connectivity index (χ1) is 12.9. The first kappa shape index (κ1) is 18.3. The number of fused-ring (bicyclic) bond motifs is 1. The number of para-hydroxylation sites is 1. The van der Waals surface area contributed by atoms with Crippen LogP contribution in [0.25, 0.3) is 17.0 Å². The number of benzene rings is 2. The quantitative estimate of drug-likeness (QED) is 0.303. The van der Waals surface area contributed by atoms with Crippen molar-refractivity contribution in [1.82, 2.24) is 0 Å². The van der Waals surface area contributed by atoms with E-state index in [-0.39, 0.29) is 11.5 Å². The summed E-state index contributed by atoms with van der Waals surface area (Å²) in [6.45, 7) is 0. The molecular formula is C19H9Cl2NO3S2. The van der Waals surface area contributed by atoms with Gasteiger partial charge in [-0.15, -0.1) is 0 Å². The molecule has 1 amide bonds. The van der Waals surface area contributed by atoms with Gasteiger partial charge in [0, 0.05) is 10.4 Å². The molecule has 0 N–H and O–H groups in total. The zero-order chi connectivity index (χ0) is 19.1. The van der Waals surface area contributed by atoms with E-state index >= 15 is 0 Å². The summed E-state index contributed by atoms with van der Waals surface area (Å²) in [5.41, 5.74) is 0.678. The van der Waals surface area contributed by atoms with Gasteiger partial charge < -0.3 is 4.42 Å². The fourth-order valence-corrected chi connectivity index (χ4v) is 4.43. The Balaban J connectivity index is 1.75. The molecule has 27 heavy (non-hydrogen) atoms. The zero-order valence-electron chi connectivity index (χ0n) is 13.4. The predicted molar refractivity (Wildman–Crippen MR) is 115 cm³/mol. The van der Waals surface area contributed by atoms with E-state index in [1.165, 1.54) is 11.0 Å². The number of thioether (sulfide) groups is 1. The number of halogens is 2. The van der Waals surface area contributed by atoms with Crippen molar-refractivity contribution < 1.29 is 9.21 Å². The summed E-state index contributed by atoms with van der Waals surface area (Å²) >= 11 is 18.5. The van der Waals surface area contributed by atoms with Gasteiger partial charge in [0.25, 0.3) is 5.91 Å². The molecule has 3 aromatic rings. The van der Waals surface area contributed by atoms with Crippen molar-refractivity contribution in [3.05, 3.63) is 79.5 Å². The Morgan fingerprint density at radius 2 is 1.85 bits per heavy atom. The Hall–Kier alpha value is -2.12. The van der Waals surface area contributed by atoms with Crippen LogP contribution in [0.3, 0.4) is 0 Å². The summed E-state index contributed by atoms with van der Waals surface area (Å²) < 4.78 is 5.63. The number of hydrogen-bond acceptors (Lipinski definition) is 5. The fraction of sp³-hybridized carbons (Fsp3) is 0. The van der Waals surface area contributed by atoms with Crippen molar-refractivity contribution in [3.8, 4) is 0 Å². The lowest BCUT2D eigenvalue weighted by atomic mass is 10.1. The average Bonchev–Trinajstić information content (AvgIpc) is 2.90. The minimum atomic E-state index is -0.525. The zero-order valence-corrected chi connectivity index (χ0v) is 16.6. The molecule has 8 heteroatoms. The summed E-state index contributed by atoms with van der Waals surface area (Å²) in [4.78, 5) is 26.7. The van der Waals surface area contributed by atoms with Crippen LogP contribution in [-0.2, 0) is 4.79 Å². The van der Waals surface area contributed by atoms with Gasteiger partial charge >= 0.3 is 5.63 Å². The van der Waals surface area contributed by atoms with Crippen LogP contribution in [0.15, 0.2) is 62.6 Å². The largest absolute Gasteiger partial charge is 0.422 e. The highest BCUT2D eigenvalue weighted by molar-refractivity contribution is 8.27. The van der Waals surface area contributed by atoms with Crippen LogP contribution in [0.5, 0.6) is 0 Å². The third-order valence-electron chi connectivity index (χ3n) is 3.90. The second-order valence-electron chi connectivity index (χ2n) is 5.64. The molecule has 0 unspecified atom stereocenters. The standard InChI is InChI=1S/C19H9Cl2NO3S2/c20-12-5-6-14(13(21)9-12)22-17(23)16(27-19(22)26)8-11-7-10-3-1-2-4-15(10)25-18(11)24/h1-9H/b16-8-. The Kier molecular flexibility index (Phi) is 4.82. The third kappa shape index (κ3) is 3.41. The van der Waals surface area contributed by atoms with Gasteiger partial charge in [-0.1, -0.05) is 65.4 Å². The number of thiocarbonyl (C=S) groups is 1. The van der Waals surface area contributed by atoms with E-state index in [2.05, 4.69) is 0 Å². The predicted octanol–water partition coefficient (Wildman–Crippen LogP) is 5.51. The second kappa shape index (κ2) is 7.13. The number of amides is 1. The third-order valence-corrected chi connectivity index (χ3v) is 5.74. The van der Waals surface area contributed by atoms with Crippen molar-refractivity contribution in [2.45, 2.75) is 0 Å². The van der Waals surface area contributed by atoms with Crippen molar-refractivity contribution >= 4 is 80.1 Å². The lowest BCUT2D eigenvalue weighted by molar-refractivity contribution is -0.113. The van der Waals surface area contributed by atoms with Crippen molar-refractivity contribution in [1.29, 1.82) is 0 Å². The number of rotatable bonds is 2. The molecule has 1 aliphatic heterocycles. The first-order valence-electron chi connectivity index (χ1n) is 7.70. The maximum atomic E-state index is 12.9. The molecule has 0 radical (unpaired) electrons. The molecule has 134 valence electrons. The van der Waals surface area contributed by atoms with Crippen LogP contribution < -0.4 is 10.5 Å². The van der Waals surface area contributed by atoms with Crippen LogP contribution in [0.4, 0.5) is 5.69 Å². The minimum absolute atomic E-state index is 0.274. The molecule has 1 aliphatic rings. The maximum absolute atomic E-state index is 12.9. The van der Waals surface area contributed by atoms with Gasteiger partial charge in [0.1, 0.15) is 5.58 Å². The van der Waals surface area contributed by atoms with Crippen LogP contribution in [0, 0.1) is 0 Å². The van der Waals surface area contributed by atoms with Gasteiger partial charge in [-0.2, -0.15) is 0 Å². The van der Waals surface area contributed by atoms with Gasteiger partial charge in [0.05, 0.1) is 21.2 Å². The smallest absolute Gasteiger partial charge is 0.343 e. The topological polar surface area (TPSA) is 50.5 Å². The normalized spacial score (nSPS) is 15.9. The number of carbonyl (C=O) groups is 1. The number of carbonyl (C=O) groups excluding carboxylic acids is 1. The molecule has 2 aromatic carbocycles. The van der Waals surface area contributed by atoms with Crippen LogP contribution in [-0.4, -0.2) is 10.2 Å².